The first-order chi connectivity index (χ1) is 13.0. The van der Waals surface area contributed by atoms with Gasteiger partial charge in [-0.1, -0.05) is 48.5 Å². The molecule has 0 spiro atoms. The molecule has 3 aromatic carbocycles. The number of amides is 1. The molecule has 4 rings (SSSR count). The SMILES string of the molecule is Cc1cccc(N2C(=O)c3ccccc3N[C@H]2c2ccc(C(=O)[O-])cc2)c1. The molecule has 5 heteroatoms. The Labute approximate surface area is 156 Å². The second-order valence-electron chi connectivity index (χ2n) is 6.52. The number of aromatic carboxylic acids is 1. The van der Waals surface area contributed by atoms with Gasteiger partial charge < -0.3 is 15.2 Å². The fourth-order valence-corrected chi connectivity index (χ4v) is 3.33. The predicted molar refractivity (Wildman–Crippen MR) is 102 cm³/mol. The number of carbonyl (C=O) groups is 2. The van der Waals surface area contributed by atoms with Crippen LogP contribution in [0.25, 0.3) is 0 Å². The van der Waals surface area contributed by atoms with E-state index in [2.05, 4.69) is 5.32 Å². The van der Waals surface area contributed by atoms with E-state index in [0.29, 0.717) is 5.56 Å². The Bertz CT molecular complexity index is 1030. The highest BCUT2D eigenvalue weighted by Gasteiger charge is 2.33. The lowest BCUT2D eigenvalue weighted by Gasteiger charge is -2.38. The van der Waals surface area contributed by atoms with Crippen LogP contribution in [0.1, 0.15) is 38.0 Å². The number of anilines is 2. The molecule has 0 radical (unpaired) electrons. The molecule has 1 heterocycles. The summed E-state index contributed by atoms with van der Waals surface area (Å²) < 4.78 is 0. The second kappa shape index (κ2) is 6.61. The number of carboxylic acid groups (broad SMARTS) is 1. The molecule has 5 nitrogen and oxygen atoms in total. The van der Waals surface area contributed by atoms with Gasteiger partial charge in [0.05, 0.1) is 11.5 Å². The van der Waals surface area contributed by atoms with Gasteiger partial charge in [-0.25, -0.2) is 0 Å². The minimum atomic E-state index is -1.23. The summed E-state index contributed by atoms with van der Waals surface area (Å²) in [5.41, 5.74) is 4.05. The largest absolute Gasteiger partial charge is 0.545 e. The Kier molecular flexibility index (Phi) is 4.12. The van der Waals surface area contributed by atoms with Crippen LogP contribution in [0.2, 0.25) is 0 Å². The zero-order valence-electron chi connectivity index (χ0n) is 14.7. The van der Waals surface area contributed by atoms with E-state index in [-0.39, 0.29) is 11.5 Å². The molecule has 1 N–H and O–H groups in total. The van der Waals surface area contributed by atoms with Crippen molar-refractivity contribution < 1.29 is 14.7 Å². The fourth-order valence-electron chi connectivity index (χ4n) is 3.33. The lowest BCUT2D eigenvalue weighted by molar-refractivity contribution is -0.255. The second-order valence-corrected chi connectivity index (χ2v) is 6.52. The summed E-state index contributed by atoms with van der Waals surface area (Å²) in [4.78, 5) is 26.0. The van der Waals surface area contributed by atoms with Crippen molar-refractivity contribution in [3.63, 3.8) is 0 Å². The minimum absolute atomic E-state index is 0.100. The van der Waals surface area contributed by atoms with Crippen LogP contribution in [0, 0.1) is 6.92 Å². The third-order valence-corrected chi connectivity index (χ3v) is 4.67. The van der Waals surface area contributed by atoms with Crippen LogP contribution in [0.15, 0.2) is 72.8 Å². The summed E-state index contributed by atoms with van der Waals surface area (Å²) in [5.74, 6) is -1.33. The number of para-hydroxylation sites is 1. The molecule has 1 amide bonds. The number of carbonyl (C=O) groups excluding carboxylic acids is 2. The Morgan fingerprint density at radius 1 is 1.00 bits per heavy atom. The molecule has 27 heavy (non-hydrogen) atoms. The molecule has 3 aromatic rings. The summed E-state index contributed by atoms with van der Waals surface area (Å²) in [6, 6.07) is 21.5. The van der Waals surface area contributed by atoms with Crippen LogP contribution >= 0.6 is 0 Å². The summed E-state index contributed by atoms with van der Waals surface area (Å²) in [6.07, 6.45) is -0.454. The van der Waals surface area contributed by atoms with Gasteiger partial charge in [0.2, 0.25) is 0 Å². The number of nitrogens with zero attached hydrogens (tertiary/aromatic N) is 1. The van der Waals surface area contributed by atoms with Gasteiger partial charge in [0, 0.05) is 11.4 Å². The lowest BCUT2D eigenvalue weighted by atomic mass is 10.0. The van der Waals surface area contributed by atoms with Gasteiger partial charge in [0.15, 0.2) is 0 Å². The maximum Gasteiger partial charge on any atom is 0.262 e. The molecular formula is C22H17N2O3-. The number of benzene rings is 3. The molecule has 1 atom stereocenters. The van der Waals surface area contributed by atoms with E-state index in [0.717, 1.165) is 22.5 Å². The molecule has 0 saturated heterocycles. The van der Waals surface area contributed by atoms with E-state index in [1.165, 1.54) is 12.1 Å². The molecule has 1 aliphatic heterocycles. The topological polar surface area (TPSA) is 72.5 Å². The van der Waals surface area contributed by atoms with E-state index in [4.69, 9.17) is 0 Å². The summed E-state index contributed by atoms with van der Waals surface area (Å²) in [6.45, 7) is 1.98. The van der Waals surface area contributed by atoms with Crippen molar-refractivity contribution >= 4 is 23.3 Å². The van der Waals surface area contributed by atoms with Crippen molar-refractivity contribution in [2.45, 2.75) is 13.1 Å². The normalized spacial score (nSPS) is 15.8. The standard InChI is InChI=1S/C22H18N2O3/c1-14-5-4-6-17(13-14)24-20(15-9-11-16(12-10-15)22(26)27)23-19-8-3-2-7-18(19)21(24)25/h2-13,20,23H,1H3,(H,26,27)/p-1/t20-/m1/s1. The summed E-state index contributed by atoms with van der Waals surface area (Å²) >= 11 is 0. The third kappa shape index (κ3) is 3.04. The first-order valence-electron chi connectivity index (χ1n) is 8.62. The van der Waals surface area contributed by atoms with Crippen LogP contribution in [0.4, 0.5) is 11.4 Å². The van der Waals surface area contributed by atoms with Crippen LogP contribution < -0.4 is 15.3 Å². The third-order valence-electron chi connectivity index (χ3n) is 4.67. The van der Waals surface area contributed by atoms with Gasteiger partial charge in [0.25, 0.3) is 5.91 Å². The molecule has 134 valence electrons. The number of fused-ring (bicyclic) bond motifs is 1. The van der Waals surface area contributed by atoms with Crippen molar-refractivity contribution in [1.82, 2.24) is 0 Å². The first kappa shape index (κ1) is 16.8. The molecule has 0 bridgehead atoms. The Hall–Kier alpha value is -3.60. The van der Waals surface area contributed by atoms with Gasteiger partial charge in [0.1, 0.15) is 6.17 Å². The minimum Gasteiger partial charge on any atom is -0.545 e. The van der Waals surface area contributed by atoms with Crippen molar-refractivity contribution in [2.75, 3.05) is 10.2 Å². The van der Waals surface area contributed by atoms with E-state index >= 15 is 0 Å². The van der Waals surface area contributed by atoms with Crippen LogP contribution in [-0.2, 0) is 0 Å². The van der Waals surface area contributed by atoms with Gasteiger partial charge in [-0.15, -0.1) is 0 Å². The van der Waals surface area contributed by atoms with Gasteiger partial charge in [-0.3, -0.25) is 9.69 Å². The summed E-state index contributed by atoms with van der Waals surface area (Å²) in [7, 11) is 0. The van der Waals surface area contributed by atoms with Gasteiger partial charge in [-0.2, -0.15) is 0 Å². The number of hydrogen-bond acceptors (Lipinski definition) is 4. The number of carboxylic acids is 1. The monoisotopic (exact) mass is 357 g/mol. The van der Waals surface area contributed by atoms with E-state index < -0.39 is 12.1 Å². The smallest absolute Gasteiger partial charge is 0.262 e. The number of nitrogens with one attached hydrogen (secondary N) is 1. The maximum absolute atomic E-state index is 13.3. The molecule has 0 aromatic heterocycles. The van der Waals surface area contributed by atoms with E-state index in [1.54, 1.807) is 23.1 Å². The van der Waals surface area contributed by atoms with E-state index in [9.17, 15) is 14.7 Å². The van der Waals surface area contributed by atoms with Crippen molar-refractivity contribution in [3.8, 4) is 0 Å². The highest BCUT2D eigenvalue weighted by atomic mass is 16.4. The molecule has 1 aliphatic rings. The van der Waals surface area contributed by atoms with E-state index in [1.807, 2.05) is 49.4 Å². The molecule has 0 fully saturated rings. The van der Waals surface area contributed by atoms with Crippen LogP contribution in [0.3, 0.4) is 0 Å². The highest BCUT2D eigenvalue weighted by molar-refractivity contribution is 6.12. The Morgan fingerprint density at radius 2 is 1.74 bits per heavy atom. The van der Waals surface area contributed by atoms with Crippen LogP contribution in [-0.4, -0.2) is 11.9 Å². The fraction of sp³-hybridized carbons (Fsp3) is 0.0909. The average molecular weight is 357 g/mol. The van der Waals surface area contributed by atoms with Gasteiger partial charge >= 0.3 is 0 Å². The van der Waals surface area contributed by atoms with Crippen molar-refractivity contribution in [3.05, 3.63) is 95.1 Å². The molecule has 0 unspecified atom stereocenters. The average Bonchev–Trinajstić information content (AvgIpc) is 2.68. The molecule has 0 saturated carbocycles. The van der Waals surface area contributed by atoms with Crippen molar-refractivity contribution in [2.24, 2.45) is 0 Å². The first-order valence-corrected chi connectivity index (χ1v) is 8.62. The van der Waals surface area contributed by atoms with Gasteiger partial charge in [-0.05, 0) is 47.9 Å². The number of hydrogen-bond donors (Lipinski definition) is 1. The Morgan fingerprint density at radius 3 is 2.44 bits per heavy atom. The predicted octanol–water partition coefficient (Wildman–Crippen LogP) is 3.13. The molecular weight excluding hydrogens is 340 g/mol. The zero-order chi connectivity index (χ0) is 19.0. The summed E-state index contributed by atoms with van der Waals surface area (Å²) in [5, 5.41) is 14.4. The maximum atomic E-state index is 13.3. The van der Waals surface area contributed by atoms with Crippen LogP contribution in [0.5, 0.6) is 0 Å². The lowest BCUT2D eigenvalue weighted by Crippen LogP contribution is -2.43. The molecule has 0 aliphatic carbocycles. The highest BCUT2D eigenvalue weighted by Crippen LogP contribution is 2.36. The Balaban J connectivity index is 1.83. The number of rotatable bonds is 3. The number of aryl methyl sites for hydroxylation is 1. The zero-order valence-corrected chi connectivity index (χ0v) is 14.7. The van der Waals surface area contributed by atoms with Crippen molar-refractivity contribution in [1.29, 1.82) is 0 Å². The quantitative estimate of drug-likeness (QED) is 0.782.